The van der Waals surface area contributed by atoms with Crippen LogP contribution in [0.2, 0.25) is 0 Å². The van der Waals surface area contributed by atoms with Crippen molar-refractivity contribution in [1.29, 1.82) is 0 Å². The Morgan fingerprint density at radius 2 is 1.88 bits per heavy atom. The van der Waals surface area contributed by atoms with Gasteiger partial charge in [-0.15, -0.1) is 0 Å². The Morgan fingerprint density at radius 3 is 2.42 bits per heavy atom. The van der Waals surface area contributed by atoms with E-state index in [0.29, 0.717) is 13.1 Å². The topological polar surface area (TPSA) is 95.8 Å². The van der Waals surface area contributed by atoms with E-state index in [4.69, 9.17) is 9.15 Å². The summed E-state index contributed by atoms with van der Waals surface area (Å²) < 4.78 is 10.5. The number of ether oxygens (including phenoxy) is 1. The molecule has 0 aliphatic carbocycles. The highest BCUT2D eigenvalue weighted by molar-refractivity contribution is 5.74. The second-order valence-electron chi connectivity index (χ2n) is 6.56. The molecule has 0 spiro atoms. The maximum atomic E-state index is 11.8. The molecule has 3 amide bonds. The van der Waals surface area contributed by atoms with Crippen molar-refractivity contribution in [3.63, 3.8) is 0 Å². The van der Waals surface area contributed by atoms with E-state index in [1.54, 1.807) is 27.0 Å². The number of urea groups is 1. The maximum Gasteiger partial charge on any atom is 0.407 e. The van der Waals surface area contributed by atoms with Crippen molar-refractivity contribution in [2.24, 2.45) is 0 Å². The Labute approximate surface area is 142 Å². The van der Waals surface area contributed by atoms with Crippen molar-refractivity contribution in [1.82, 2.24) is 20.9 Å². The van der Waals surface area contributed by atoms with Crippen LogP contribution in [0.3, 0.4) is 0 Å². The summed E-state index contributed by atoms with van der Waals surface area (Å²) in [5.74, 6) is 0.784. The standard InChI is InChI=1S/C16H28N4O4/c1-16(2,3)24-15(22)18-9-8-17-14(21)19-11-12(20(4)5)13-7-6-10-23-13/h6-7,10,12H,8-9,11H2,1-5H3,(H,18,22)(H2,17,19,21)/t12-/m0/s1. The van der Waals surface area contributed by atoms with Crippen molar-refractivity contribution in [2.45, 2.75) is 32.4 Å². The fourth-order valence-electron chi connectivity index (χ4n) is 1.93. The highest BCUT2D eigenvalue weighted by Crippen LogP contribution is 2.17. The number of carbonyl (C=O) groups is 2. The highest BCUT2D eigenvalue weighted by atomic mass is 16.6. The lowest BCUT2D eigenvalue weighted by atomic mass is 10.2. The minimum absolute atomic E-state index is 0.0503. The second kappa shape index (κ2) is 9.17. The molecular formula is C16H28N4O4. The lowest BCUT2D eigenvalue weighted by molar-refractivity contribution is 0.0528. The van der Waals surface area contributed by atoms with E-state index in [9.17, 15) is 9.59 Å². The molecule has 0 aromatic carbocycles. The zero-order chi connectivity index (χ0) is 18.2. The molecule has 0 radical (unpaired) electrons. The quantitative estimate of drug-likeness (QED) is 0.657. The molecule has 0 unspecified atom stereocenters. The number of carbonyl (C=O) groups excluding carboxylic acids is 2. The van der Waals surface area contributed by atoms with E-state index in [1.165, 1.54) is 0 Å². The largest absolute Gasteiger partial charge is 0.468 e. The summed E-state index contributed by atoms with van der Waals surface area (Å²) in [6, 6.07) is 3.33. The van der Waals surface area contributed by atoms with Gasteiger partial charge in [0, 0.05) is 19.6 Å². The molecule has 3 N–H and O–H groups in total. The molecule has 8 heteroatoms. The molecule has 1 atom stereocenters. The minimum Gasteiger partial charge on any atom is -0.468 e. The number of amides is 3. The van der Waals surface area contributed by atoms with Gasteiger partial charge in [0.15, 0.2) is 0 Å². The van der Waals surface area contributed by atoms with Crippen molar-refractivity contribution in [2.75, 3.05) is 33.7 Å². The maximum absolute atomic E-state index is 11.8. The van der Waals surface area contributed by atoms with E-state index in [0.717, 1.165) is 5.76 Å². The predicted molar refractivity (Wildman–Crippen MR) is 90.8 cm³/mol. The van der Waals surface area contributed by atoms with E-state index >= 15 is 0 Å². The molecule has 136 valence electrons. The predicted octanol–water partition coefficient (Wildman–Crippen LogP) is 1.71. The Hall–Kier alpha value is -2.22. The van der Waals surface area contributed by atoms with Gasteiger partial charge >= 0.3 is 12.1 Å². The van der Waals surface area contributed by atoms with E-state index < -0.39 is 11.7 Å². The first-order chi connectivity index (χ1) is 11.2. The number of rotatable bonds is 7. The van der Waals surface area contributed by atoms with Crippen LogP contribution in [0, 0.1) is 0 Å². The van der Waals surface area contributed by atoms with Gasteiger partial charge in [0.05, 0.1) is 12.3 Å². The monoisotopic (exact) mass is 340 g/mol. The Bertz CT molecular complexity index is 509. The molecular weight excluding hydrogens is 312 g/mol. The van der Waals surface area contributed by atoms with E-state index in [-0.39, 0.29) is 18.6 Å². The lowest BCUT2D eigenvalue weighted by Gasteiger charge is -2.22. The summed E-state index contributed by atoms with van der Waals surface area (Å²) in [5, 5.41) is 8.03. The van der Waals surface area contributed by atoms with Gasteiger partial charge in [0.25, 0.3) is 0 Å². The number of hydrogen-bond donors (Lipinski definition) is 3. The molecule has 0 saturated heterocycles. The van der Waals surface area contributed by atoms with Gasteiger partial charge in [0.1, 0.15) is 11.4 Å². The molecule has 1 aromatic rings. The summed E-state index contributed by atoms with van der Waals surface area (Å²) in [6.45, 7) is 6.37. The number of hydrogen-bond acceptors (Lipinski definition) is 5. The first kappa shape index (κ1) is 19.8. The van der Waals surface area contributed by atoms with Crippen LogP contribution in [0.4, 0.5) is 9.59 Å². The zero-order valence-electron chi connectivity index (χ0n) is 15.0. The van der Waals surface area contributed by atoms with Crippen LogP contribution in [-0.2, 0) is 4.74 Å². The summed E-state index contributed by atoms with van der Waals surface area (Å²) in [7, 11) is 3.83. The molecule has 1 rings (SSSR count). The van der Waals surface area contributed by atoms with Crippen molar-refractivity contribution < 1.29 is 18.7 Å². The Balaban J connectivity index is 2.23. The normalized spacial score (nSPS) is 12.6. The van der Waals surface area contributed by atoms with Gasteiger partial charge in [-0.25, -0.2) is 9.59 Å². The fraction of sp³-hybridized carbons (Fsp3) is 0.625. The molecule has 0 fully saturated rings. The molecule has 1 heterocycles. The van der Waals surface area contributed by atoms with Crippen LogP contribution in [0.1, 0.15) is 32.6 Å². The molecule has 24 heavy (non-hydrogen) atoms. The fourth-order valence-corrected chi connectivity index (χ4v) is 1.93. The van der Waals surface area contributed by atoms with Gasteiger partial charge in [-0.3, -0.25) is 4.90 Å². The third kappa shape index (κ3) is 7.87. The number of likely N-dealkylation sites (N-methyl/N-ethyl adjacent to an activating group) is 1. The average Bonchev–Trinajstić information content (AvgIpc) is 2.95. The first-order valence-corrected chi connectivity index (χ1v) is 7.87. The molecule has 0 saturated carbocycles. The zero-order valence-corrected chi connectivity index (χ0v) is 15.0. The molecule has 0 aliphatic rings. The van der Waals surface area contributed by atoms with E-state index in [2.05, 4.69) is 16.0 Å². The summed E-state index contributed by atoms with van der Waals surface area (Å²) in [6.07, 6.45) is 1.10. The second-order valence-corrected chi connectivity index (χ2v) is 6.56. The van der Waals surface area contributed by atoms with Gasteiger partial charge < -0.3 is 25.1 Å². The van der Waals surface area contributed by atoms with Gasteiger partial charge in [-0.1, -0.05) is 0 Å². The summed E-state index contributed by atoms with van der Waals surface area (Å²) in [5.41, 5.74) is -0.540. The summed E-state index contributed by atoms with van der Waals surface area (Å²) in [4.78, 5) is 25.2. The average molecular weight is 340 g/mol. The lowest BCUT2D eigenvalue weighted by Crippen LogP contribution is -2.43. The van der Waals surface area contributed by atoms with Gasteiger partial charge in [-0.05, 0) is 47.0 Å². The third-order valence-corrected chi connectivity index (χ3v) is 3.03. The Morgan fingerprint density at radius 1 is 1.21 bits per heavy atom. The van der Waals surface area contributed by atoms with Gasteiger partial charge in [0.2, 0.25) is 0 Å². The molecule has 1 aromatic heterocycles. The van der Waals surface area contributed by atoms with Crippen molar-refractivity contribution in [3.05, 3.63) is 24.2 Å². The van der Waals surface area contributed by atoms with Crippen molar-refractivity contribution >= 4 is 12.1 Å². The smallest absolute Gasteiger partial charge is 0.407 e. The SMILES string of the molecule is CN(C)[C@@H](CNC(=O)NCCNC(=O)OC(C)(C)C)c1ccco1. The summed E-state index contributed by atoms with van der Waals surface area (Å²) >= 11 is 0. The third-order valence-electron chi connectivity index (χ3n) is 3.03. The van der Waals surface area contributed by atoms with Crippen LogP contribution in [-0.4, -0.2) is 56.4 Å². The molecule has 0 aliphatic heterocycles. The minimum atomic E-state index is -0.540. The van der Waals surface area contributed by atoms with Crippen LogP contribution >= 0.6 is 0 Å². The first-order valence-electron chi connectivity index (χ1n) is 7.87. The Kier molecular flexibility index (Phi) is 7.57. The van der Waals surface area contributed by atoms with Crippen LogP contribution < -0.4 is 16.0 Å². The van der Waals surface area contributed by atoms with Crippen LogP contribution in [0.5, 0.6) is 0 Å². The molecule has 0 bridgehead atoms. The number of nitrogens with zero attached hydrogens (tertiary/aromatic N) is 1. The number of furan rings is 1. The van der Waals surface area contributed by atoms with Crippen LogP contribution in [0.25, 0.3) is 0 Å². The van der Waals surface area contributed by atoms with Crippen molar-refractivity contribution in [3.8, 4) is 0 Å². The highest BCUT2D eigenvalue weighted by Gasteiger charge is 2.18. The van der Waals surface area contributed by atoms with Gasteiger partial charge in [-0.2, -0.15) is 0 Å². The molecule has 8 nitrogen and oxygen atoms in total. The van der Waals surface area contributed by atoms with Crippen LogP contribution in [0.15, 0.2) is 22.8 Å². The van der Waals surface area contributed by atoms with E-state index in [1.807, 2.05) is 31.1 Å². The number of alkyl carbamates (subject to hydrolysis) is 1. The number of nitrogens with one attached hydrogen (secondary N) is 3.